The maximum atomic E-state index is 6.44. The second-order valence-corrected chi connectivity index (χ2v) is 13.6. The maximum absolute atomic E-state index is 6.44. The summed E-state index contributed by atoms with van der Waals surface area (Å²) in [5.74, 6) is 0. The molecule has 0 radical (unpaired) electrons. The van der Waals surface area contributed by atoms with E-state index in [2.05, 4.69) is 115 Å². The van der Waals surface area contributed by atoms with Gasteiger partial charge in [0.05, 0.1) is 0 Å². The van der Waals surface area contributed by atoms with Gasteiger partial charge in [-0.05, 0) is 106 Å². The molecule has 0 saturated carbocycles. The molecule has 0 atom stereocenters. The molecule has 12 aromatic rings. The molecule has 0 aliphatic rings. The number of rotatable bonds is 3. The highest BCUT2D eigenvalue weighted by Gasteiger charge is 2.19. The molecule has 4 heterocycles. The van der Waals surface area contributed by atoms with Gasteiger partial charge in [0.15, 0.2) is 0 Å². The van der Waals surface area contributed by atoms with E-state index in [1.165, 1.54) is 5.56 Å². The Bertz CT molecular complexity index is 3410. The molecule has 0 aliphatic heterocycles. The molecule has 0 fully saturated rings. The van der Waals surface area contributed by atoms with Gasteiger partial charge in [0.2, 0.25) is 0 Å². The molecule has 0 N–H and O–H groups in total. The molecule has 0 bridgehead atoms. The van der Waals surface area contributed by atoms with Crippen LogP contribution in [0.2, 0.25) is 0 Å². The fourth-order valence-electron chi connectivity index (χ4n) is 8.27. The third-order valence-corrected chi connectivity index (χ3v) is 10.7. The Morgan fingerprint density at radius 1 is 0.212 bits per heavy atom. The third kappa shape index (κ3) is 3.92. The van der Waals surface area contributed by atoms with Gasteiger partial charge in [-0.15, -0.1) is 0 Å². The maximum Gasteiger partial charge on any atom is 0.136 e. The van der Waals surface area contributed by atoms with Crippen molar-refractivity contribution in [1.29, 1.82) is 0 Å². The highest BCUT2D eigenvalue weighted by Crippen LogP contribution is 2.44. The van der Waals surface area contributed by atoms with E-state index >= 15 is 0 Å². The molecule has 52 heavy (non-hydrogen) atoms. The minimum atomic E-state index is 0.848. The van der Waals surface area contributed by atoms with E-state index in [1.54, 1.807) is 0 Å². The van der Waals surface area contributed by atoms with Gasteiger partial charge in [0.1, 0.15) is 44.7 Å². The van der Waals surface area contributed by atoms with Crippen LogP contribution in [0.3, 0.4) is 0 Å². The summed E-state index contributed by atoms with van der Waals surface area (Å²) in [5.41, 5.74) is 13.7. The van der Waals surface area contributed by atoms with Crippen LogP contribution in [0, 0.1) is 0 Å². The van der Waals surface area contributed by atoms with E-state index in [4.69, 9.17) is 17.7 Å². The molecule has 0 unspecified atom stereocenters. The number of hydrogen-bond donors (Lipinski definition) is 0. The number of furan rings is 4. The highest BCUT2D eigenvalue weighted by molar-refractivity contribution is 6.27. The lowest BCUT2D eigenvalue weighted by molar-refractivity contribution is 0.663. The van der Waals surface area contributed by atoms with E-state index < -0.39 is 0 Å². The van der Waals surface area contributed by atoms with Gasteiger partial charge in [-0.1, -0.05) is 84.9 Å². The molecular formula is C48H26O4. The number of benzene rings is 8. The summed E-state index contributed by atoms with van der Waals surface area (Å²) in [6.45, 7) is 0. The van der Waals surface area contributed by atoms with Crippen LogP contribution in [0.4, 0.5) is 0 Å². The van der Waals surface area contributed by atoms with Crippen molar-refractivity contribution < 1.29 is 17.7 Å². The number of hydrogen-bond acceptors (Lipinski definition) is 4. The molecule has 4 aromatic heterocycles. The lowest BCUT2D eigenvalue weighted by Gasteiger charge is -2.07. The van der Waals surface area contributed by atoms with Gasteiger partial charge in [-0.25, -0.2) is 0 Å². The molecule has 0 spiro atoms. The Hall–Kier alpha value is -7.04. The van der Waals surface area contributed by atoms with Gasteiger partial charge in [-0.2, -0.15) is 0 Å². The molecule has 12 rings (SSSR count). The summed E-state index contributed by atoms with van der Waals surface area (Å²) < 4.78 is 25.4. The van der Waals surface area contributed by atoms with Gasteiger partial charge < -0.3 is 17.7 Å². The Morgan fingerprint density at radius 2 is 0.558 bits per heavy atom. The molecule has 0 amide bonds. The third-order valence-electron chi connectivity index (χ3n) is 10.7. The van der Waals surface area contributed by atoms with Crippen LogP contribution >= 0.6 is 0 Å². The number of para-hydroxylation sites is 1. The first-order chi connectivity index (χ1) is 25.7. The highest BCUT2D eigenvalue weighted by atomic mass is 16.3. The van der Waals surface area contributed by atoms with E-state index in [1.807, 2.05) is 42.5 Å². The van der Waals surface area contributed by atoms with Crippen molar-refractivity contribution in [2.75, 3.05) is 0 Å². The first-order valence-corrected chi connectivity index (χ1v) is 17.5. The van der Waals surface area contributed by atoms with E-state index in [-0.39, 0.29) is 0 Å². The zero-order valence-electron chi connectivity index (χ0n) is 27.6. The van der Waals surface area contributed by atoms with Crippen molar-refractivity contribution in [2.24, 2.45) is 0 Å². The molecule has 0 aliphatic carbocycles. The summed E-state index contributed by atoms with van der Waals surface area (Å²) in [6, 6.07) is 54.9. The van der Waals surface area contributed by atoms with Crippen LogP contribution in [0.5, 0.6) is 0 Å². The molecule has 4 heteroatoms. The Morgan fingerprint density at radius 3 is 1.06 bits per heavy atom. The standard InChI is InChI=1S/C48H26O4/c1-2-7-27(8-3-1)30-13-16-38-34(24-30)47-43(51-38)21-22-44-48(47)36-26-32(15-18-40(36)52-44)29-10-6-9-28(23-29)31-14-17-39-35(25-31)46-42(50-39)20-19-41-45(46)33-11-4-5-12-37(33)49-41/h1-26H. The predicted octanol–water partition coefficient (Wildman–Crippen LogP) is 14.3. The second-order valence-electron chi connectivity index (χ2n) is 13.6. The smallest absolute Gasteiger partial charge is 0.136 e. The second kappa shape index (κ2) is 10.3. The van der Waals surface area contributed by atoms with Crippen molar-refractivity contribution in [3.05, 3.63) is 158 Å². The minimum absolute atomic E-state index is 0.848. The zero-order chi connectivity index (χ0) is 33.9. The van der Waals surface area contributed by atoms with E-state index in [9.17, 15) is 0 Å². The molecular weight excluding hydrogens is 641 g/mol. The Kier molecular flexibility index (Phi) is 5.47. The first-order valence-electron chi connectivity index (χ1n) is 17.5. The van der Waals surface area contributed by atoms with Crippen molar-refractivity contribution in [2.45, 2.75) is 0 Å². The molecule has 8 aromatic carbocycles. The van der Waals surface area contributed by atoms with Crippen molar-refractivity contribution in [1.82, 2.24) is 0 Å². The zero-order valence-corrected chi connectivity index (χ0v) is 27.6. The fraction of sp³-hybridized carbons (Fsp3) is 0. The van der Waals surface area contributed by atoms with Crippen LogP contribution in [-0.2, 0) is 0 Å². The summed E-state index contributed by atoms with van der Waals surface area (Å²) in [7, 11) is 0. The van der Waals surface area contributed by atoms with Crippen LogP contribution in [0.25, 0.3) is 121 Å². The average Bonchev–Trinajstić information content (AvgIpc) is 3.96. The van der Waals surface area contributed by atoms with E-state index in [0.29, 0.717) is 0 Å². The summed E-state index contributed by atoms with van der Waals surface area (Å²) in [6.07, 6.45) is 0. The Balaban J connectivity index is 1.02. The first kappa shape index (κ1) is 27.7. The van der Waals surface area contributed by atoms with Crippen LogP contribution in [-0.4, -0.2) is 0 Å². The summed E-state index contributed by atoms with van der Waals surface area (Å²) in [4.78, 5) is 0. The SMILES string of the molecule is c1ccc(-c2ccc3oc4ccc5oc6ccc(-c7cccc(-c8ccc9oc%10ccc%11oc%12ccccc%12c%11c%10c9c8)c7)cc6c5c4c3c2)cc1. The van der Waals surface area contributed by atoms with Crippen LogP contribution < -0.4 is 0 Å². The van der Waals surface area contributed by atoms with Crippen molar-refractivity contribution >= 4 is 87.8 Å². The normalized spacial score (nSPS) is 12.2. The number of fused-ring (bicyclic) bond motifs is 14. The van der Waals surface area contributed by atoms with Gasteiger partial charge in [0.25, 0.3) is 0 Å². The topological polar surface area (TPSA) is 52.6 Å². The van der Waals surface area contributed by atoms with Gasteiger partial charge in [0, 0.05) is 43.1 Å². The largest absolute Gasteiger partial charge is 0.456 e. The molecule has 0 saturated heterocycles. The quantitative estimate of drug-likeness (QED) is 0.188. The van der Waals surface area contributed by atoms with Crippen molar-refractivity contribution in [3.8, 4) is 33.4 Å². The van der Waals surface area contributed by atoms with Crippen molar-refractivity contribution in [3.63, 3.8) is 0 Å². The van der Waals surface area contributed by atoms with E-state index in [0.717, 1.165) is 116 Å². The van der Waals surface area contributed by atoms with Crippen LogP contribution in [0.15, 0.2) is 175 Å². The van der Waals surface area contributed by atoms with Gasteiger partial charge in [-0.3, -0.25) is 0 Å². The lowest BCUT2D eigenvalue weighted by Crippen LogP contribution is -1.82. The minimum Gasteiger partial charge on any atom is -0.456 e. The molecule has 4 nitrogen and oxygen atoms in total. The fourth-order valence-corrected chi connectivity index (χ4v) is 8.27. The monoisotopic (exact) mass is 666 g/mol. The summed E-state index contributed by atoms with van der Waals surface area (Å²) in [5, 5.41) is 8.65. The van der Waals surface area contributed by atoms with Crippen LogP contribution in [0.1, 0.15) is 0 Å². The predicted molar refractivity (Wildman–Crippen MR) is 212 cm³/mol. The average molecular weight is 667 g/mol. The van der Waals surface area contributed by atoms with Gasteiger partial charge >= 0.3 is 0 Å². The lowest BCUT2D eigenvalue weighted by atomic mass is 9.96. The Labute approximate surface area is 295 Å². The summed E-state index contributed by atoms with van der Waals surface area (Å²) >= 11 is 0. The molecule has 242 valence electrons.